The lowest BCUT2D eigenvalue weighted by atomic mass is 10.2. The predicted octanol–water partition coefficient (Wildman–Crippen LogP) is 4.97. The second-order valence-corrected chi connectivity index (χ2v) is 6.50. The third-order valence-corrected chi connectivity index (χ3v) is 5.15. The van der Waals surface area contributed by atoms with E-state index in [1.165, 1.54) is 25.1 Å². The molecular formula is C15H13NS2. The number of allylic oxidation sites excluding steroid dienone is 2. The lowest BCUT2D eigenvalue weighted by Crippen LogP contribution is -1.87. The van der Waals surface area contributed by atoms with Crippen LogP contribution in [-0.4, -0.2) is 4.98 Å². The lowest BCUT2D eigenvalue weighted by molar-refractivity contribution is 1.31. The molecular weight excluding hydrogens is 258 g/mol. The number of pyridine rings is 1. The van der Waals surface area contributed by atoms with E-state index in [0.717, 1.165) is 6.42 Å². The van der Waals surface area contributed by atoms with E-state index < -0.39 is 0 Å². The molecule has 0 fully saturated rings. The first-order chi connectivity index (χ1) is 8.83. The highest BCUT2D eigenvalue weighted by molar-refractivity contribution is 8.16. The Hall–Kier alpha value is -1.32. The van der Waals surface area contributed by atoms with E-state index in [1.807, 2.05) is 41.6 Å². The van der Waals surface area contributed by atoms with E-state index in [-0.39, 0.29) is 0 Å². The summed E-state index contributed by atoms with van der Waals surface area (Å²) in [5.74, 6) is 0. The topological polar surface area (TPSA) is 12.9 Å². The maximum absolute atomic E-state index is 4.19. The fourth-order valence-electron chi connectivity index (χ4n) is 1.88. The maximum Gasteiger partial charge on any atom is 0.0409 e. The standard InChI is InChI=1S/C15H13NS2/c1-11-7-8-15(17-11)14-6-2-5-13(18-14)12-4-3-9-16-10-12/h3-10H,2H2,1H3. The molecule has 2 aromatic heterocycles. The molecule has 90 valence electrons. The summed E-state index contributed by atoms with van der Waals surface area (Å²) < 4.78 is 0. The van der Waals surface area contributed by atoms with E-state index in [1.54, 1.807) is 0 Å². The van der Waals surface area contributed by atoms with Crippen molar-refractivity contribution in [1.82, 2.24) is 4.98 Å². The number of aromatic nitrogens is 1. The van der Waals surface area contributed by atoms with Crippen LogP contribution >= 0.6 is 23.1 Å². The summed E-state index contributed by atoms with van der Waals surface area (Å²) >= 11 is 3.70. The lowest BCUT2D eigenvalue weighted by Gasteiger charge is -2.13. The number of hydrogen-bond donors (Lipinski definition) is 0. The van der Waals surface area contributed by atoms with Crippen LogP contribution in [-0.2, 0) is 0 Å². The van der Waals surface area contributed by atoms with Gasteiger partial charge in [-0.05, 0) is 31.5 Å². The number of thiophene rings is 1. The average molecular weight is 271 g/mol. The summed E-state index contributed by atoms with van der Waals surface area (Å²) in [6.07, 6.45) is 9.32. The first kappa shape index (κ1) is 11.8. The summed E-state index contributed by atoms with van der Waals surface area (Å²) in [6, 6.07) is 8.51. The first-order valence-corrected chi connectivity index (χ1v) is 7.51. The molecule has 0 saturated heterocycles. The minimum Gasteiger partial charge on any atom is -0.264 e. The molecule has 18 heavy (non-hydrogen) atoms. The molecule has 2 aromatic rings. The van der Waals surface area contributed by atoms with Crippen molar-refractivity contribution in [1.29, 1.82) is 0 Å². The minimum atomic E-state index is 1.00. The monoisotopic (exact) mass is 271 g/mol. The zero-order valence-corrected chi connectivity index (χ0v) is 11.7. The Morgan fingerprint density at radius 2 is 2.00 bits per heavy atom. The molecule has 0 aliphatic carbocycles. The van der Waals surface area contributed by atoms with Gasteiger partial charge in [0.05, 0.1) is 0 Å². The Balaban J connectivity index is 1.85. The molecule has 0 amide bonds. The maximum atomic E-state index is 4.19. The van der Waals surface area contributed by atoms with E-state index >= 15 is 0 Å². The largest absolute Gasteiger partial charge is 0.264 e. The van der Waals surface area contributed by atoms with E-state index in [4.69, 9.17) is 0 Å². The van der Waals surface area contributed by atoms with Crippen molar-refractivity contribution in [3.05, 3.63) is 64.1 Å². The van der Waals surface area contributed by atoms with Gasteiger partial charge in [-0.2, -0.15) is 0 Å². The van der Waals surface area contributed by atoms with Gasteiger partial charge in [0.25, 0.3) is 0 Å². The Bertz CT molecular complexity index is 608. The SMILES string of the molecule is Cc1ccc(C2=CCC=C(c3cccnc3)S2)s1. The fraction of sp³-hybridized carbons (Fsp3) is 0.133. The molecule has 1 aliphatic heterocycles. The quantitative estimate of drug-likeness (QED) is 0.764. The Labute approximate surface area is 115 Å². The molecule has 0 aromatic carbocycles. The van der Waals surface area contributed by atoms with Crippen LogP contribution in [0, 0.1) is 6.92 Å². The van der Waals surface area contributed by atoms with Crippen molar-refractivity contribution >= 4 is 32.9 Å². The summed E-state index contributed by atoms with van der Waals surface area (Å²) in [5, 5.41) is 0. The van der Waals surface area contributed by atoms with Crippen LogP contribution < -0.4 is 0 Å². The molecule has 0 unspecified atom stereocenters. The molecule has 1 nitrogen and oxygen atoms in total. The van der Waals surface area contributed by atoms with Crippen LogP contribution in [0.15, 0.2) is 48.8 Å². The van der Waals surface area contributed by atoms with E-state index in [9.17, 15) is 0 Å². The smallest absolute Gasteiger partial charge is 0.0409 e. The summed E-state index contributed by atoms with van der Waals surface area (Å²) in [5.41, 5.74) is 1.21. The van der Waals surface area contributed by atoms with Crippen molar-refractivity contribution in [2.45, 2.75) is 13.3 Å². The predicted molar refractivity (Wildman–Crippen MR) is 81.5 cm³/mol. The minimum absolute atomic E-state index is 1.00. The van der Waals surface area contributed by atoms with E-state index in [0.29, 0.717) is 0 Å². The molecule has 0 N–H and O–H groups in total. The van der Waals surface area contributed by atoms with Gasteiger partial charge in [0.2, 0.25) is 0 Å². The van der Waals surface area contributed by atoms with Crippen molar-refractivity contribution in [2.75, 3.05) is 0 Å². The number of nitrogens with zero attached hydrogens (tertiary/aromatic N) is 1. The van der Waals surface area contributed by atoms with Gasteiger partial charge in [0.15, 0.2) is 0 Å². The van der Waals surface area contributed by atoms with Gasteiger partial charge in [-0.25, -0.2) is 0 Å². The second kappa shape index (κ2) is 5.12. The number of aryl methyl sites for hydroxylation is 1. The highest BCUT2D eigenvalue weighted by atomic mass is 32.2. The zero-order chi connectivity index (χ0) is 12.4. The van der Waals surface area contributed by atoms with Crippen molar-refractivity contribution in [3.63, 3.8) is 0 Å². The number of rotatable bonds is 2. The van der Waals surface area contributed by atoms with Crippen molar-refractivity contribution in [3.8, 4) is 0 Å². The molecule has 0 bridgehead atoms. The summed E-state index contributed by atoms with van der Waals surface area (Å²) in [6.45, 7) is 2.15. The second-order valence-electron chi connectivity index (χ2n) is 4.13. The highest BCUT2D eigenvalue weighted by Crippen LogP contribution is 2.44. The average Bonchev–Trinajstić information content (AvgIpc) is 2.87. The molecule has 3 rings (SSSR count). The third-order valence-electron chi connectivity index (χ3n) is 2.76. The van der Waals surface area contributed by atoms with Gasteiger partial charge in [-0.3, -0.25) is 4.98 Å². The Morgan fingerprint density at radius 3 is 2.72 bits per heavy atom. The van der Waals surface area contributed by atoms with Gasteiger partial charge in [-0.1, -0.05) is 30.0 Å². The van der Waals surface area contributed by atoms with E-state index in [2.05, 4.69) is 42.3 Å². The van der Waals surface area contributed by atoms with Crippen molar-refractivity contribution in [2.24, 2.45) is 0 Å². The van der Waals surface area contributed by atoms with Crippen LogP contribution in [0.3, 0.4) is 0 Å². The number of hydrogen-bond acceptors (Lipinski definition) is 3. The normalized spacial score (nSPS) is 15.2. The third kappa shape index (κ3) is 2.42. The van der Waals surface area contributed by atoms with Gasteiger partial charge in [0, 0.05) is 37.5 Å². The van der Waals surface area contributed by atoms with Gasteiger partial charge in [-0.15, -0.1) is 11.3 Å². The van der Waals surface area contributed by atoms with Crippen LogP contribution in [0.2, 0.25) is 0 Å². The van der Waals surface area contributed by atoms with Gasteiger partial charge >= 0.3 is 0 Å². The molecule has 0 saturated carbocycles. The van der Waals surface area contributed by atoms with Crippen LogP contribution in [0.25, 0.3) is 9.81 Å². The van der Waals surface area contributed by atoms with Gasteiger partial charge < -0.3 is 0 Å². The Morgan fingerprint density at radius 1 is 1.11 bits per heavy atom. The molecule has 1 aliphatic rings. The van der Waals surface area contributed by atoms with Crippen molar-refractivity contribution < 1.29 is 0 Å². The molecule has 3 heteroatoms. The summed E-state index contributed by atoms with van der Waals surface area (Å²) in [4.78, 5) is 9.60. The van der Waals surface area contributed by atoms with Crippen LogP contribution in [0.5, 0.6) is 0 Å². The summed E-state index contributed by atoms with van der Waals surface area (Å²) in [7, 11) is 0. The molecule has 0 radical (unpaired) electrons. The fourth-order valence-corrected chi connectivity index (χ4v) is 3.93. The molecule has 3 heterocycles. The molecule has 0 atom stereocenters. The molecule has 0 spiro atoms. The van der Waals surface area contributed by atoms with Crippen LogP contribution in [0.4, 0.5) is 0 Å². The zero-order valence-electron chi connectivity index (χ0n) is 10.1. The van der Waals surface area contributed by atoms with Crippen LogP contribution in [0.1, 0.15) is 21.7 Å². The highest BCUT2D eigenvalue weighted by Gasteiger charge is 2.13. The van der Waals surface area contributed by atoms with Gasteiger partial charge in [0.1, 0.15) is 0 Å². The Kier molecular flexibility index (Phi) is 3.35. The number of thioether (sulfide) groups is 1. The first-order valence-electron chi connectivity index (χ1n) is 5.88.